The minimum Gasteiger partial charge on any atom is -0.369 e. The molecule has 0 radical (unpaired) electrons. The first-order valence-electron chi connectivity index (χ1n) is 5.11. The Morgan fingerprint density at radius 3 is 2.50 bits per heavy atom. The van der Waals surface area contributed by atoms with Crippen LogP contribution in [0.25, 0.3) is 0 Å². The van der Waals surface area contributed by atoms with Crippen LogP contribution in [0.2, 0.25) is 0 Å². The molecule has 0 spiro atoms. The first-order valence-corrected chi connectivity index (χ1v) is 5.11. The van der Waals surface area contributed by atoms with Crippen LogP contribution in [0.5, 0.6) is 0 Å². The van der Waals surface area contributed by atoms with Gasteiger partial charge in [-0.2, -0.15) is 0 Å². The molecule has 1 aliphatic rings. The topological polar surface area (TPSA) is 43.1 Å². The van der Waals surface area contributed by atoms with Gasteiger partial charge in [-0.3, -0.25) is 4.79 Å². The highest BCUT2D eigenvalue weighted by Crippen LogP contribution is 2.38. The monoisotopic (exact) mass is 189 g/mol. The Morgan fingerprint density at radius 1 is 1.36 bits per heavy atom. The first kappa shape index (κ1) is 9.25. The van der Waals surface area contributed by atoms with Gasteiger partial charge in [-0.05, 0) is 17.9 Å². The summed E-state index contributed by atoms with van der Waals surface area (Å²) in [4.78, 5) is 11.3. The molecule has 14 heavy (non-hydrogen) atoms. The summed E-state index contributed by atoms with van der Waals surface area (Å²) in [5.41, 5.74) is 6.47. The van der Waals surface area contributed by atoms with E-state index in [0.717, 1.165) is 17.9 Å². The predicted molar refractivity (Wildman–Crippen MR) is 55.7 cm³/mol. The number of nitrogens with two attached hydrogens (primary N) is 1. The maximum absolute atomic E-state index is 11.3. The van der Waals surface area contributed by atoms with Crippen LogP contribution in [0, 0.1) is 5.92 Å². The summed E-state index contributed by atoms with van der Waals surface area (Å²) in [5, 5.41) is 0. The Kier molecular flexibility index (Phi) is 2.53. The molecule has 1 amide bonds. The van der Waals surface area contributed by atoms with Crippen LogP contribution >= 0.6 is 0 Å². The number of carbonyl (C=O) groups excluding carboxylic acids is 1. The van der Waals surface area contributed by atoms with Crippen molar-refractivity contribution in [1.29, 1.82) is 0 Å². The van der Waals surface area contributed by atoms with Crippen LogP contribution in [-0.2, 0) is 4.79 Å². The number of hydrogen-bond donors (Lipinski definition) is 1. The second-order valence-electron chi connectivity index (χ2n) is 4.04. The molecule has 0 aliphatic heterocycles. The van der Waals surface area contributed by atoms with E-state index >= 15 is 0 Å². The van der Waals surface area contributed by atoms with Crippen molar-refractivity contribution >= 4 is 5.91 Å². The largest absolute Gasteiger partial charge is 0.369 e. The molecule has 2 N–H and O–H groups in total. The fraction of sp³-hybridized carbons (Fsp3) is 0.417. The summed E-state index contributed by atoms with van der Waals surface area (Å²) in [6.45, 7) is 0. The zero-order valence-electron chi connectivity index (χ0n) is 8.15. The zero-order chi connectivity index (χ0) is 9.97. The Bertz CT molecular complexity index is 316. The number of primary amides is 1. The van der Waals surface area contributed by atoms with E-state index in [2.05, 4.69) is 0 Å². The summed E-state index contributed by atoms with van der Waals surface area (Å²) < 4.78 is 0. The number of amides is 1. The van der Waals surface area contributed by atoms with E-state index in [9.17, 15) is 4.79 Å². The van der Waals surface area contributed by atoms with Gasteiger partial charge in [0.1, 0.15) is 0 Å². The van der Waals surface area contributed by atoms with Crippen LogP contribution in [0.15, 0.2) is 30.3 Å². The van der Waals surface area contributed by atoms with Gasteiger partial charge in [0.2, 0.25) is 5.91 Å². The van der Waals surface area contributed by atoms with Crippen LogP contribution in [-0.4, -0.2) is 5.91 Å². The first-order chi connectivity index (χ1) is 6.77. The molecule has 1 aromatic carbocycles. The molecule has 1 aromatic rings. The highest BCUT2D eigenvalue weighted by Gasteiger charge is 2.28. The Morgan fingerprint density at radius 2 is 2.00 bits per heavy atom. The number of hydrogen-bond acceptors (Lipinski definition) is 1. The molecule has 1 atom stereocenters. The van der Waals surface area contributed by atoms with E-state index in [4.69, 9.17) is 5.73 Å². The van der Waals surface area contributed by atoms with E-state index in [1.54, 1.807) is 0 Å². The number of rotatable bonds is 4. The van der Waals surface area contributed by atoms with Gasteiger partial charge in [0, 0.05) is 0 Å². The van der Waals surface area contributed by atoms with Crippen molar-refractivity contribution in [3.8, 4) is 0 Å². The van der Waals surface area contributed by atoms with Crippen LogP contribution in [0.1, 0.15) is 30.7 Å². The standard InChI is InChI=1S/C12H15NO/c13-12(14)11(8-9-6-7-9)10-4-2-1-3-5-10/h1-5,9,11H,6-8H2,(H2,13,14). The average Bonchev–Trinajstić information content (AvgIpc) is 2.99. The van der Waals surface area contributed by atoms with Gasteiger partial charge in [0.05, 0.1) is 5.92 Å². The van der Waals surface area contributed by atoms with Crippen molar-refractivity contribution in [2.24, 2.45) is 11.7 Å². The average molecular weight is 189 g/mol. The Hall–Kier alpha value is -1.31. The molecule has 2 nitrogen and oxygen atoms in total. The van der Waals surface area contributed by atoms with Gasteiger partial charge in [0.15, 0.2) is 0 Å². The van der Waals surface area contributed by atoms with Crippen LogP contribution in [0.3, 0.4) is 0 Å². The molecule has 1 aliphatic carbocycles. The van der Waals surface area contributed by atoms with Gasteiger partial charge >= 0.3 is 0 Å². The minimum atomic E-state index is -0.192. The van der Waals surface area contributed by atoms with Gasteiger partial charge in [-0.1, -0.05) is 43.2 Å². The van der Waals surface area contributed by atoms with Crippen molar-refractivity contribution in [2.45, 2.75) is 25.2 Å². The van der Waals surface area contributed by atoms with E-state index in [-0.39, 0.29) is 11.8 Å². The zero-order valence-corrected chi connectivity index (χ0v) is 8.15. The molecule has 1 fully saturated rings. The summed E-state index contributed by atoms with van der Waals surface area (Å²) in [6, 6.07) is 9.84. The van der Waals surface area contributed by atoms with Crippen LogP contribution < -0.4 is 5.73 Å². The van der Waals surface area contributed by atoms with Crippen LogP contribution in [0.4, 0.5) is 0 Å². The lowest BCUT2D eigenvalue weighted by molar-refractivity contribution is -0.119. The van der Waals surface area contributed by atoms with Crippen molar-refractivity contribution in [2.75, 3.05) is 0 Å². The second kappa shape index (κ2) is 3.82. The second-order valence-corrected chi connectivity index (χ2v) is 4.04. The fourth-order valence-electron chi connectivity index (χ4n) is 1.79. The molecule has 1 unspecified atom stereocenters. The van der Waals surface area contributed by atoms with E-state index in [1.807, 2.05) is 30.3 Å². The Labute approximate surface area is 84.1 Å². The maximum Gasteiger partial charge on any atom is 0.224 e. The molecule has 0 heterocycles. The quantitative estimate of drug-likeness (QED) is 0.774. The van der Waals surface area contributed by atoms with Crippen molar-refractivity contribution in [3.05, 3.63) is 35.9 Å². The molecule has 0 saturated heterocycles. The minimum absolute atomic E-state index is 0.0799. The number of benzene rings is 1. The van der Waals surface area contributed by atoms with Gasteiger partial charge in [-0.25, -0.2) is 0 Å². The summed E-state index contributed by atoms with van der Waals surface area (Å²) in [7, 11) is 0. The maximum atomic E-state index is 11.3. The third kappa shape index (κ3) is 2.13. The molecule has 0 bridgehead atoms. The summed E-state index contributed by atoms with van der Waals surface area (Å²) in [5.74, 6) is 0.458. The van der Waals surface area contributed by atoms with E-state index < -0.39 is 0 Å². The molecular weight excluding hydrogens is 174 g/mol. The highest BCUT2D eigenvalue weighted by molar-refractivity contribution is 5.81. The third-order valence-electron chi connectivity index (χ3n) is 2.81. The van der Waals surface area contributed by atoms with Crippen molar-refractivity contribution < 1.29 is 4.79 Å². The lowest BCUT2D eigenvalue weighted by Gasteiger charge is -2.12. The normalized spacial score (nSPS) is 17.7. The number of carbonyl (C=O) groups is 1. The smallest absolute Gasteiger partial charge is 0.224 e. The molecule has 1 saturated carbocycles. The molecular formula is C12H15NO. The lowest BCUT2D eigenvalue weighted by atomic mass is 9.93. The molecule has 2 heteroatoms. The van der Waals surface area contributed by atoms with Gasteiger partial charge in [-0.15, -0.1) is 0 Å². The van der Waals surface area contributed by atoms with Crippen molar-refractivity contribution in [3.63, 3.8) is 0 Å². The van der Waals surface area contributed by atoms with E-state index in [0.29, 0.717) is 0 Å². The Balaban J connectivity index is 2.13. The molecule has 0 aromatic heterocycles. The van der Waals surface area contributed by atoms with Crippen molar-refractivity contribution in [1.82, 2.24) is 0 Å². The predicted octanol–water partition coefficient (Wildman–Crippen LogP) is 2.06. The molecule has 2 rings (SSSR count). The highest BCUT2D eigenvalue weighted by atomic mass is 16.1. The lowest BCUT2D eigenvalue weighted by Crippen LogP contribution is -2.21. The third-order valence-corrected chi connectivity index (χ3v) is 2.81. The fourth-order valence-corrected chi connectivity index (χ4v) is 1.79. The van der Waals surface area contributed by atoms with Gasteiger partial charge < -0.3 is 5.73 Å². The summed E-state index contributed by atoms with van der Waals surface area (Å²) in [6.07, 6.45) is 3.45. The summed E-state index contributed by atoms with van der Waals surface area (Å²) >= 11 is 0. The molecule has 74 valence electrons. The van der Waals surface area contributed by atoms with E-state index in [1.165, 1.54) is 12.8 Å². The SMILES string of the molecule is NC(=O)C(CC1CC1)c1ccccc1. The van der Waals surface area contributed by atoms with Gasteiger partial charge in [0.25, 0.3) is 0 Å².